The first kappa shape index (κ1) is 22.4. The van der Waals surface area contributed by atoms with Crippen LogP contribution in [-0.2, 0) is 9.59 Å². The van der Waals surface area contributed by atoms with Crippen molar-refractivity contribution >= 4 is 11.9 Å². The van der Waals surface area contributed by atoms with Crippen molar-refractivity contribution in [2.45, 2.75) is 13.8 Å². The van der Waals surface area contributed by atoms with Crippen LogP contribution in [0, 0.1) is 0 Å². The Bertz CT molecular complexity index is 75.3. The molecule has 0 amide bonds. The van der Waals surface area contributed by atoms with Gasteiger partial charge in [-0.2, -0.15) is 0 Å². The molecule has 0 rings (SSSR count). The minimum absolute atomic E-state index is 0. The van der Waals surface area contributed by atoms with Gasteiger partial charge in [0.15, 0.2) is 0 Å². The van der Waals surface area contributed by atoms with E-state index in [4.69, 9.17) is 19.8 Å². The van der Waals surface area contributed by atoms with Gasteiger partial charge in [-0.3, -0.25) is 0 Å². The Morgan fingerprint density at radius 1 is 1.00 bits per heavy atom. The molecule has 0 aliphatic carbocycles. The number of halogens is 1. The van der Waals surface area contributed by atoms with Gasteiger partial charge in [0.05, 0.1) is 0 Å². The van der Waals surface area contributed by atoms with Crippen molar-refractivity contribution in [1.82, 2.24) is 0 Å². The van der Waals surface area contributed by atoms with Gasteiger partial charge in [0.2, 0.25) is 0 Å². The normalized spacial score (nSPS) is 5.00. The summed E-state index contributed by atoms with van der Waals surface area (Å²) in [7, 11) is 0. The first-order valence-electron chi connectivity index (χ1n) is 1.82. The third-order valence-electron chi connectivity index (χ3n) is 0. The fourth-order valence-electron chi connectivity index (χ4n) is 0. The molecule has 0 saturated heterocycles. The molecule has 0 saturated carbocycles. The number of carboxylic acids is 2. The molecule has 0 heterocycles. The molecule has 6 heteroatoms. The van der Waals surface area contributed by atoms with E-state index in [1.165, 1.54) is 0 Å². The Labute approximate surface area is 98.3 Å². The molecule has 0 aliphatic rings. The fourth-order valence-corrected chi connectivity index (χ4v) is 0. The van der Waals surface area contributed by atoms with Crippen molar-refractivity contribution < 1.29 is 73.3 Å². The molecule has 0 spiro atoms. The van der Waals surface area contributed by atoms with Gasteiger partial charge < -0.3 is 19.8 Å². The van der Waals surface area contributed by atoms with Crippen molar-refractivity contribution in [1.29, 1.82) is 0 Å². The van der Waals surface area contributed by atoms with E-state index in [1.54, 1.807) is 0 Å². The summed E-state index contributed by atoms with van der Waals surface area (Å²) in [5.74, 6) is -2.17. The van der Waals surface area contributed by atoms with Crippen molar-refractivity contribution in [3.8, 4) is 0 Å². The second kappa shape index (κ2) is 16.3. The molecule has 2 radical (unpaired) electrons. The van der Waals surface area contributed by atoms with E-state index >= 15 is 0 Å². The number of aliphatic carboxylic acids is 2. The molecule has 0 atom stereocenters. The standard InChI is InChI=1S/2C2H4O2.I.Na/c2*1-2(3)4;;/h2*1H3,(H,3,4);;/q;;2*+1/p-2. The van der Waals surface area contributed by atoms with Crippen LogP contribution in [0.1, 0.15) is 13.8 Å². The van der Waals surface area contributed by atoms with Crippen LogP contribution in [0.3, 0.4) is 0 Å². The maximum absolute atomic E-state index is 8.89. The monoisotopic (exact) mass is 268 g/mol. The van der Waals surface area contributed by atoms with Crippen LogP contribution in [0.4, 0.5) is 0 Å². The molecule has 0 N–H and O–H groups in total. The fraction of sp³-hybridized carbons (Fsp3) is 0.500. The van der Waals surface area contributed by atoms with Crippen LogP contribution < -0.4 is 63.7 Å². The van der Waals surface area contributed by atoms with E-state index in [1.807, 2.05) is 0 Å². The molecule has 0 unspecified atom stereocenters. The van der Waals surface area contributed by atoms with E-state index in [0.717, 1.165) is 13.8 Å². The molecule has 0 aromatic rings. The third kappa shape index (κ3) is 1140. The van der Waals surface area contributed by atoms with Gasteiger partial charge >= 0.3 is 53.5 Å². The van der Waals surface area contributed by atoms with E-state index in [9.17, 15) is 0 Å². The predicted octanol–water partition coefficient (Wildman–Crippen LogP) is -8.48. The molecule has 0 aliphatic heterocycles. The first-order chi connectivity index (χ1) is 3.46. The molecule has 54 valence electrons. The predicted molar refractivity (Wildman–Crippen MR) is 21.4 cm³/mol. The third-order valence-corrected chi connectivity index (χ3v) is 0. The zero-order chi connectivity index (χ0) is 7.15. The van der Waals surface area contributed by atoms with Gasteiger partial charge in [-0.05, 0) is 13.8 Å². The minimum atomic E-state index is -1.08. The summed E-state index contributed by atoms with van der Waals surface area (Å²) in [6, 6.07) is 0. The Balaban J connectivity index is -0.0000000300. The van der Waals surface area contributed by atoms with Crippen LogP contribution >= 0.6 is 0 Å². The molecule has 0 fully saturated rings. The summed E-state index contributed by atoms with van der Waals surface area (Å²) in [6.45, 7) is 1.94. The number of carboxylic acid groups (broad SMARTS) is 2. The van der Waals surface area contributed by atoms with E-state index in [2.05, 4.69) is 0 Å². The molecule has 4 nitrogen and oxygen atoms in total. The summed E-state index contributed by atoms with van der Waals surface area (Å²) in [5.41, 5.74) is 0. The minimum Gasteiger partial charge on any atom is -0.550 e. The average Bonchev–Trinajstić information content (AvgIpc) is 1.25. The van der Waals surface area contributed by atoms with Gasteiger partial charge in [0, 0.05) is 11.9 Å². The smallest absolute Gasteiger partial charge is 0.550 e. The van der Waals surface area contributed by atoms with Crippen LogP contribution in [0.2, 0.25) is 0 Å². The number of rotatable bonds is 0. The largest absolute Gasteiger partial charge is 1.00 e. The SMILES string of the molecule is CC(=O)[O-].CC(=O)[O-].[I+].[Na+]. The summed E-state index contributed by atoms with van der Waals surface area (Å²) >= 11 is 0. The van der Waals surface area contributed by atoms with Gasteiger partial charge in [0.25, 0.3) is 0 Å². The molecular weight excluding hydrogens is 262 g/mol. The molecule has 0 aromatic carbocycles. The zero-order valence-corrected chi connectivity index (χ0v) is 10.2. The van der Waals surface area contributed by atoms with Gasteiger partial charge in [-0.15, -0.1) is 0 Å². The maximum atomic E-state index is 8.89. The van der Waals surface area contributed by atoms with Crippen molar-refractivity contribution in [2.24, 2.45) is 0 Å². The zero-order valence-electron chi connectivity index (χ0n) is 6.01. The van der Waals surface area contributed by atoms with Crippen molar-refractivity contribution in [3.63, 3.8) is 0 Å². The van der Waals surface area contributed by atoms with E-state index in [0.29, 0.717) is 0 Å². The number of carbonyl (C=O) groups is 2. The molecule has 0 aromatic heterocycles. The Morgan fingerprint density at radius 2 is 1.00 bits per heavy atom. The Hall–Kier alpha value is 0.670. The van der Waals surface area contributed by atoms with E-state index in [-0.39, 0.29) is 53.5 Å². The van der Waals surface area contributed by atoms with Crippen molar-refractivity contribution in [2.75, 3.05) is 0 Å². The maximum Gasteiger partial charge on any atom is 1.00 e. The number of carbonyl (C=O) groups excluding carboxylic acids is 2. The van der Waals surface area contributed by atoms with Gasteiger partial charge in [-0.1, -0.05) is 0 Å². The second-order valence-electron chi connectivity index (χ2n) is 0.983. The van der Waals surface area contributed by atoms with Crippen LogP contribution in [0.15, 0.2) is 0 Å². The summed E-state index contributed by atoms with van der Waals surface area (Å²) in [6.07, 6.45) is 0. The summed E-state index contributed by atoms with van der Waals surface area (Å²) in [5, 5.41) is 17.8. The van der Waals surface area contributed by atoms with Crippen LogP contribution in [0.25, 0.3) is 0 Å². The topological polar surface area (TPSA) is 80.3 Å². The molecular formula is C4H6INaO4. The van der Waals surface area contributed by atoms with Gasteiger partial charge in [0.1, 0.15) is 0 Å². The van der Waals surface area contributed by atoms with E-state index < -0.39 is 11.9 Å². The number of hydrogen-bond acceptors (Lipinski definition) is 4. The molecule has 0 bridgehead atoms. The second-order valence-corrected chi connectivity index (χ2v) is 0.983. The summed E-state index contributed by atoms with van der Waals surface area (Å²) < 4.78 is 0. The molecule has 10 heavy (non-hydrogen) atoms. The van der Waals surface area contributed by atoms with Crippen LogP contribution in [0.5, 0.6) is 0 Å². The van der Waals surface area contributed by atoms with Crippen LogP contribution in [-0.4, -0.2) is 11.9 Å². The Kier molecular flexibility index (Phi) is 36.6. The first-order valence-corrected chi connectivity index (χ1v) is 1.82. The number of hydrogen-bond donors (Lipinski definition) is 0. The summed E-state index contributed by atoms with van der Waals surface area (Å²) in [4.78, 5) is 17.8. The quantitative estimate of drug-likeness (QED) is 0.323. The van der Waals surface area contributed by atoms with Gasteiger partial charge in [-0.25, -0.2) is 0 Å². The Morgan fingerprint density at radius 3 is 1.00 bits per heavy atom. The van der Waals surface area contributed by atoms with Crippen molar-refractivity contribution in [3.05, 3.63) is 0 Å². The average molecular weight is 268 g/mol.